The van der Waals surface area contributed by atoms with E-state index in [2.05, 4.69) is 5.32 Å². The Kier molecular flexibility index (Phi) is 5.46. The number of nitrogens with one attached hydrogen (secondary N) is 1. The van der Waals surface area contributed by atoms with Gasteiger partial charge in [-0.05, 0) is 17.7 Å². The van der Waals surface area contributed by atoms with Crippen LogP contribution in [0.4, 0.5) is 14.0 Å². The van der Waals surface area contributed by atoms with E-state index < -0.39 is 5.60 Å². The molecule has 3 amide bonds. The minimum absolute atomic E-state index is 0.228. The number of nitrogens with zero attached hydrogens (tertiary/aromatic N) is 2. The molecule has 0 unspecified atom stereocenters. The first-order valence-corrected chi connectivity index (χ1v) is 11.0. The predicted molar refractivity (Wildman–Crippen MR) is 121 cm³/mol. The van der Waals surface area contributed by atoms with E-state index in [1.54, 1.807) is 21.9 Å². The molecule has 2 aliphatic rings. The van der Waals surface area contributed by atoms with Crippen molar-refractivity contribution in [2.75, 3.05) is 19.6 Å². The number of cyclic esters (lactones) is 1. The van der Waals surface area contributed by atoms with Crippen molar-refractivity contribution in [3.63, 3.8) is 0 Å². The number of ether oxygens (including phenoxy) is 1. The van der Waals surface area contributed by atoms with Crippen LogP contribution in [-0.4, -0.2) is 47.6 Å². The molecular formula is C26H24FN3O3. The maximum absolute atomic E-state index is 13.1. The summed E-state index contributed by atoms with van der Waals surface area (Å²) in [5, 5.41) is 2.91. The molecule has 5 rings (SSSR count). The van der Waals surface area contributed by atoms with Gasteiger partial charge in [0.1, 0.15) is 11.9 Å². The van der Waals surface area contributed by atoms with Gasteiger partial charge in [0, 0.05) is 37.3 Å². The van der Waals surface area contributed by atoms with Crippen LogP contribution in [-0.2, 0) is 16.9 Å². The Balaban J connectivity index is 1.42. The van der Waals surface area contributed by atoms with Crippen LogP contribution in [0, 0.1) is 5.82 Å². The quantitative estimate of drug-likeness (QED) is 0.657. The van der Waals surface area contributed by atoms with E-state index in [9.17, 15) is 14.0 Å². The number of fused-ring (bicyclic) bond motifs is 1. The first-order chi connectivity index (χ1) is 16.1. The molecule has 7 heteroatoms. The highest BCUT2D eigenvalue weighted by Gasteiger charge is 2.58. The molecule has 2 fully saturated rings. The molecule has 33 heavy (non-hydrogen) atoms. The van der Waals surface area contributed by atoms with E-state index in [1.807, 2.05) is 60.7 Å². The van der Waals surface area contributed by atoms with Gasteiger partial charge in [0.15, 0.2) is 5.60 Å². The van der Waals surface area contributed by atoms with Crippen LogP contribution in [0.1, 0.15) is 16.7 Å². The molecule has 1 N–H and O–H groups in total. The van der Waals surface area contributed by atoms with Crippen LogP contribution in [0.25, 0.3) is 0 Å². The van der Waals surface area contributed by atoms with E-state index in [1.165, 1.54) is 12.1 Å². The van der Waals surface area contributed by atoms with Crippen molar-refractivity contribution >= 4 is 12.1 Å². The monoisotopic (exact) mass is 445 g/mol. The van der Waals surface area contributed by atoms with Crippen LogP contribution in [0.3, 0.4) is 0 Å². The zero-order valence-corrected chi connectivity index (χ0v) is 18.0. The first kappa shape index (κ1) is 21.0. The number of carbonyl (C=O) groups is 2. The van der Waals surface area contributed by atoms with E-state index in [0.717, 1.165) is 16.7 Å². The van der Waals surface area contributed by atoms with Crippen LogP contribution < -0.4 is 5.32 Å². The summed E-state index contributed by atoms with van der Waals surface area (Å²) in [6.07, 6.45) is -0.376. The average molecular weight is 445 g/mol. The Morgan fingerprint density at radius 3 is 2.15 bits per heavy atom. The van der Waals surface area contributed by atoms with Crippen LogP contribution in [0.15, 0.2) is 84.9 Å². The number of piperazine rings is 1. The molecular weight excluding hydrogens is 421 g/mol. The molecule has 0 spiro atoms. The van der Waals surface area contributed by atoms with E-state index >= 15 is 0 Å². The van der Waals surface area contributed by atoms with Crippen molar-refractivity contribution in [2.24, 2.45) is 0 Å². The maximum Gasteiger partial charge on any atom is 0.411 e. The normalized spacial score (nSPS) is 19.1. The molecule has 0 saturated carbocycles. The highest BCUT2D eigenvalue weighted by Crippen LogP contribution is 2.45. The Morgan fingerprint density at radius 1 is 0.939 bits per heavy atom. The van der Waals surface area contributed by atoms with Crippen LogP contribution in [0.2, 0.25) is 0 Å². The van der Waals surface area contributed by atoms with Gasteiger partial charge < -0.3 is 15.0 Å². The minimum atomic E-state index is -1.02. The van der Waals surface area contributed by atoms with Gasteiger partial charge >= 0.3 is 12.1 Å². The number of carbonyl (C=O) groups excluding carboxylic acids is 2. The van der Waals surface area contributed by atoms with Crippen molar-refractivity contribution < 1.29 is 18.7 Å². The molecule has 0 aliphatic carbocycles. The molecule has 2 heterocycles. The Hall–Kier alpha value is -3.87. The first-order valence-electron chi connectivity index (χ1n) is 11.0. The third kappa shape index (κ3) is 3.80. The van der Waals surface area contributed by atoms with Crippen molar-refractivity contribution in [3.8, 4) is 0 Å². The summed E-state index contributed by atoms with van der Waals surface area (Å²) in [7, 11) is 0. The van der Waals surface area contributed by atoms with Gasteiger partial charge in [0.2, 0.25) is 0 Å². The SMILES string of the molecule is O=C(NCc1ccc(F)cc1)N1CCN2C(=O)OC(c3ccccc3)(c3ccccc3)[C@H]2C1. The smallest absolute Gasteiger partial charge is 0.411 e. The van der Waals surface area contributed by atoms with Crippen molar-refractivity contribution in [1.29, 1.82) is 0 Å². The fourth-order valence-corrected chi connectivity index (χ4v) is 4.73. The lowest BCUT2D eigenvalue weighted by Gasteiger charge is -2.42. The number of hydrogen-bond acceptors (Lipinski definition) is 3. The molecule has 0 bridgehead atoms. The highest BCUT2D eigenvalue weighted by molar-refractivity contribution is 5.77. The maximum atomic E-state index is 13.1. The average Bonchev–Trinajstić information content (AvgIpc) is 3.17. The molecule has 2 saturated heterocycles. The summed E-state index contributed by atoms with van der Waals surface area (Å²) in [5.41, 5.74) is 1.53. The molecule has 3 aromatic carbocycles. The van der Waals surface area contributed by atoms with Gasteiger partial charge in [-0.1, -0.05) is 72.8 Å². The number of hydrogen-bond donors (Lipinski definition) is 1. The number of rotatable bonds is 4. The Morgan fingerprint density at radius 2 is 1.55 bits per heavy atom. The number of amides is 3. The Bertz CT molecular complexity index is 1100. The summed E-state index contributed by atoms with van der Waals surface area (Å²) < 4.78 is 19.3. The second kappa shape index (κ2) is 8.58. The van der Waals surface area contributed by atoms with Gasteiger partial charge in [0.25, 0.3) is 0 Å². The van der Waals surface area contributed by atoms with Gasteiger partial charge in [-0.2, -0.15) is 0 Å². The lowest BCUT2D eigenvalue weighted by atomic mass is 9.79. The summed E-state index contributed by atoms with van der Waals surface area (Å²) in [5.74, 6) is -0.315. The second-order valence-corrected chi connectivity index (χ2v) is 8.28. The van der Waals surface area contributed by atoms with Crippen molar-refractivity contribution in [2.45, 2.75) is 18.2 Å². The number of urea groups is 1. The summed E-state index contributed by atoms with van der Waals surface area (Å²) in [6.45, 7) is 1.40. The van der Waals surface area contributed by atoms with Gasteiger partial charge in [-0.25, -0.2) is 14.0 Å². The standard InChI is InChI=1S/C26H24FN3O3/c27-22-13-11-19(12-14-22)17-28-24(31)29-15-16-30-23(18-29)26(33-25(30)32,20-7-3-1-4-8-20)21-9-5-2-6-10-21/h1-14,23H,15-18H2,(H,28,31)/t23-/m1/s1. The summed E-state index contributed by atoms with van der Waals surface area (Å²) in [6, 6.07) is 24.8. The third-order valence-electron chi connectivity index (χ3n) is 6.38. The largest absolute Gasteiger partial charge is 0.431 e. The van der Waals surface area contributed by atoms with E-state index in [0.29, 0.717) is 26.2 Å². The summed E-state index contributed by atoms with van der Waals surface area (Å²) >= 11 is 0. The molecule has 0 radical (unpaired) electrons. The van der Waals surface area contributed by atoms with E-state index in [-0.39, 0.29) is 24.0 Å². The third-order valence-corrected chi connectivity index (χ3v) is 6.38. The molecule has 1 atom stereocenters. The molecule has 0 aromatic heterocycles. The molecule has 3 aromatic rings. The van der Waals surface area contributed by atoms with Gasteiger partial charge in [0.05, 0.1) is 0 Å². The number of benzene rings is 3. The zero-order valence-electron chi connectivity index (χ0n) is 18.0. The molecule has 2 aliphatic heterocycles. The fraction of sp³-hybridized carbons (Fsp3) is 0.231. The summed E-state index contributed by atoms with van der Waals surface area (Å²) in [4.78, 5) is 29.4. The van der Waals surface area contributed by atoms with E-state index in [4.69, 9.17) is 4.74 Å². The topological polar surface area (TPSA) is 61.9 Å². The number of halogens is 1. The lowest BCUT2D eigenvalue weighted by Crippen LogP contribution is -2.59. The minimum Gasteiger partial charge on any atom is -0.431 e. The fourth-order valence-electron chi connectivity index (χ4n) is 4.73. The Labute approximate surface area is 191 Å². The van der Waals surface area contributed by atoms with Crippen LogP contribution >= 0.6 is 0 Å². The van der Waals surface area contributed by atoms with Crippen LogP contribution in [0.5, 0.6) is 0 Å². The molecule has 168 valence electrons. The van der Waals surface area contributed by atoms with Gasteiger partial charge in [-0.3, -0.25) is 4.90 Å². The highest BCUT2D eigenvalue weighted by atomic mass is 19.1. The van der Waals surface area contributed by atoms with Gasteiger partial charge in [-0.15, -0.1) is 0 Å². The predicted octanol–water partition coefficient (Wildman–Crippen LogP) is 4.12. The molecule has 6 nitrogen and oxygen atoms in total. The van der Waals surface area contributed by atoms with Crippen molar-refractivity contribution in [1.82, 2.24) is 15.1 Å². The van der Waals surface area contributed by atoms with Crippen molar-refractivity contribution in [3.05, 3.63) is 107 Å². The zero-order chi connectivity index (χ0) is 22.8. The lowest BCUT2D eigenvalue weighted by molar-refractivity contribution is 0.0511. The second-order valence-electron chi connectivity index (χ2n) is 8.28.